The molecule has 2 unspecified atom stereocenters. The molecule has 2 heterocycles. The topological polar surface area (TPSA) is 41.7 Å². The summed E-state index contributed by atoms with van der Waals surface area (Å²) < 4.78 is 5.42. The van der Waals surface area contributed by atoms with Crippen molar-refractivity contribution in [2.45, 2.75) is 38.8 Å². The number of nitrogens with zero attached hydrogens (tertiary/aromatic N) is 2. The number of hydrogen-bond acceptors (Lipinski definition) is 4. The predicted molar refractivity (Wildman–Crippen MR) is 74.7 cm³/mol. The lowest BCUT2D eigenvalue weighted by atomic mass is 10.0. The molecule has 2 aliphatic heterocycles. The second-order valence-corrected chi connectivity index (χ2v) is 6.09. The van der Waals surface area contributed by atoms with Crippen LogP contribution in [-0.4, -0.2) is 67.8 Å². The van der Waals surface area contributed by atoms with E-state index in [9.17, 15) is 0 Å². The summed E-state index contributed by atoms with van der Waals surface area (Å²) in [5.74, 6) is 0.600. The van der Waals surface area contributed by atoms with Crippen LogP contribution in [0.1, 0.15) is 26.7 Å². The van der Waals surface area contributed by atoms with E-state index in [0.29, 0.717) is 12.0 Å². The third-order valence-electron chi connectivity index (χ3n) is 4.44. The van der Waals surface area contributed by atoms with Gasteiger partial charge in [-0.15, -0.1) is 0 Å². The van der Waals surface area contributed by atoms with E-state index < -0.39 is 0 Å². The molecule has 2 atom stereocenters. The van der Waals surface area contributed by atoms with Gasteiger partial charge in [-0.25, -0.2) is 0 Å². The maximum Gasteiger partial charge on any atom is 0.0594 e. The van der Waals surface area contributed by atoms with Gasteiger partial charge in [0, 0.05) is 31.7 Å². The molecular formula is C14H29N3O. The first-order chi connectivity index (χ1) is 8.66. The van der Waals surface area contributed by atoms with Gasteiger partial charge >= 0.3 is 0 Å². The van der Waals surface area contributed by atoms with Gasteiger partial charge in [-0.2, -0.15) is 0 Å². The number of likely N-dealkylation sites (tertiary alicyclic amines) is 1. The molecule has 0 radical (unpaired) electrons. The molecule has 2 fully saturated rings. The highest BCUT2D eigenvalue weighted by Gasteiger charge is 2.28. The number of ether oxygens (including phenoxy) is 1. The average molecular weight is 255 g/mol. The minimum absolute atomic E-state index is 0.354. The lowest BCUT2D eigenvalue weighted by Gasteiger charge is -2.32. The number of morpholine rings is 1. The van der Waals surface area contributed by atoms with Crippen LogP contribution in [-0.2, 0) is 4.74 Å². The molecule has 0 aromatic heterocycles. The van der Waals surface area contributed by atoms with Crippen LogP contribution in [0.3, 0.4) is 0 Å². The van der Waals surface area contributed by atoms with E-state index in [-0.39, 0.29) is 0 Å². The zero-order valence-corrected chi connectivity index (χ0v) is 12.0. The Labute approximate surface area is 111 Å². The molecule has 0 aromatic carbocycles. The van der Waals surface area contributed by atoms with E-state index in [0.717, 1.165) is 38.8 Å². The van der Waals surface area contributed by atoms with Gasteiger partial charge < -0.3 is 15.4 Å². The monoisotopic (exact) mass is 255 g/mol. The summed E-state index contributed by atoms with van der Waals surface area (Å²) in [5.41, 5.74) is 6.12. The standard InChI is InChI=1S/C14H29N3O/c1-12(2)14(15)4-6-16-5-3-13(11-16)17-7-9-18-10-8-17/h12-14H,3-11,15H2,1-2H3. The van der Waals surface area contributed by atoms with E-state index in [1.165, 1.54) is 26.1 Å². The molecule has 2 saturated heterocycles. The molecular weight excluding hydrogens is 226 g/mol. The summed E-state index contributed by atoms with van der Waals surface area (Å²) >= 11 is 0. The fraction of sp³-hybridized carbons (Fsp3) is 1.00. The molecule has 18 heavy (non-hydrogen) atoms. The van der Waals surface area contributed by atoms with Gasteiger partial charge in [0.25, 0.3) is 0 Å². The Bertz CT molecular complexity index is 241. The van der Waals surface area contributed by atoms with Crippen molar-refractivity contribution in [2.75, 3.05) is 45.9 Å². The maximum absolute atomic E-state index is 6.12. The largest absolute Gasteiger partial charge is 0.379 e. The highest BCUT2D eigenvalue weighted by Crippen LogP contribution is 2.17. The average Bonchev–Trinajstić information content (AvgIpc) is 2.85. The molecule has 0 spiro atoms. The lowest BCUT2D eigenvalue weighted by Crippen LogP contribution is -2.45. The van der Waals surface area contributed by atoms with Crippen molar-refractivity contribution in [2.24, 2.45) is 11.7 Å². The minimum Gasteiger partial charge on any atom is -0.379 e. The van der Waals surface area contributed by atoms with Gasteiger partial charge in [0.05, 0.1) is 13.2 Å². The first-order valence-electron chi connectivity index (χ1n) is 7.46. The van der Waals surface area contributed by atoms with Crippen LogP contribution in [0, 0.1) is 5.92 Å². The molecule has 0 amide bonds. The van der Waals surface area contributed by atoms with Crippen molar-refractivity contribution in [1.82, 2.24) is 9.80 Å². The van der Waals surface area contributed by atoms with Crippen LogP contribution in [0.25, 0.3) is 0 Å². The molecule has 4 heteroatoms. The van der Waals surface area contributed by atoms with E-state index in [1.54, 1.807) is 0 Å². The van der Waals surface area contributed by atoms with E-state index >= 15 is 0 Å². The number of rotatable bonds is 5. The van der Waals surface area contributed by atoms with E-state index in [2.05, 4.69) is 23.6 Å². The van der Waals surface area contributed by atoms with Gasteiger partial charge in [0.2, 0.25) is 0 Å². The molecule has 0 saturated carbocycles. The van der Waals surface area contributed by atoms with Crippen LogP contribution in [0.5, 0.6) is 0 Å². The molecule has 2 N–H and O–H groups in total. The summed E-state index contributed by atoms with van der Waals surface area (Å²) in [4.78, 5) is 5.19. The number of nitrogens with two attached hydrogens (primary N) is 1. The van der Waals surface area contributed by atoms with Crippen LogP contribution < -0.4 is 5.73 Å². The van der Waals surface area contributed by atoms with Crippen LogP contribution in [0.2, 0.25) is 0 Å². The zero-order valence-electron chi connectivity index (χ0n) is 12.0. The molecule has 4 nitrogen and oxygen atoms in total. The summed E-state index contributed by atoms with van der Waals surface area (Å²) in [6.07, 6.45) is 2.45. The van der Waals surface area contributed by atoms with Crippen molar-refractivity contribution < 1.29 is 4.74 Å². The van der Waals surface area contributed by atoms with Gasteiger partial charge in [0.15, 0.2) is 0 Å². The summed E-state index contributed by atoms with van der Waals surface area (Å²) in [7, 11) is 0. The Morgan fingerprint density at radius 1 is 1.22 bits per heavy atom. The predicted octanol–water partition coefficient (Wildman–Crippen LogP) is 0.766. The molecule has 0 bridgehead atoms. The first kappa shape index (κ1) is 14.3. The molecule has 2 rings (SSSR count). The van der Waals surface area contributed by atoms with Crippen LogP contribution in [0.15, 0.2) is 0 Å². The Hall–Kier alpha value is -0.160. The Morgan fingerprint density at radius 2 is 1.94 bits per heavy atom. The third kappa shape index (κ3) is 3.92. The van der Waals surface area contributed by atoms with Gasteiger partial charge in [0.1, 0.15) is 0 Å². The van der Waals surface area contributed by atoms with Crippen molar-refractivity contribution >= 4 is 0 Å². The van der Waals surface area contributed by atoms with E-state index in [4.69, 9.17) is 10.5 Å². The van der Waals surface area contributed by atoms with Crippen LogP contribution >= 0.6 is 0 Å². The highest BCUT2D eigenvalue weighted by atomic mass is 16.5. The second-order valence-electron chi connectivity index (χ2n) is 6.09. The Morgan fingerprint density at radius 3 is 2.61 bits per heavy atom. The second kappa shape index (κ2) is 6.85. The van der Waals surface area contributed by atoms with Crippen molar-refractivity contribution in [3.05, 3.63) is 0 Å². The summed E-state index contributed by atoms with van der Waals surface area (Å²) in [6.45, 7) is 12.1. The SMILES string of the molecule is CC(C)C(N)CCN1CCC(N2CCOCC2)C1. The van der Waals surface area contributed by atoms with Gasteiger partial charge in [-0.05, 0) is 31.8 Å². The fourth-order valence-electron chi connectivity index (χ4n) is 2.92. The normalized spacial score (nSPS) is 29.0. The van der Waals surface area contributed by atoms with Gasteiger partial charge in [-0.1, -0.05) is 13.8 Å². The molecule has 0 aliphatic carbocycles. The minimum atomic E-state index is 0.354. The summed E-state index contributed by atoms with van der Waals surface area (Å²) in [6, 6.07) is 1.11. The zero-order chi connectivity index (χ0) is 13.0. The maximum atomic E-state index is 6.12. The number of hydrogen-bond donors (Lipinski definition) is 1. The third-order valence-corrected chi connectivity index (χ3v) is 4.44. The Kier molecular flexibility index (Phi) is 5.42. The van der Waals surface area contributed by atoms with Crippen LogP contribution in [0.4, 0.5) is 0 Å². The Balaban J connectivity index is 1.68. The van der Waals surface area contributed by atoms with E-state index in [1.807, 2.05) is 0 Å². The van der Waals surface area contributed by atoms with Gasteiger partial charge in [-0.3, -0.25) is 4.90 Å². The first-order valence-corrected chi connectivity index (χ1v) is 7.46. The molecule has 0 aromatic rings. The molecule has 106 valence electrons. The highest BCUT2D eigenvalue weighted by molar-refractivity contribution is 4.85. The molecule has 2 aliphatic rings. The van der Waals surface area contributed by atoms with Crippen molar-refractivity contribution in [3.8, 4) is 0 Å². The quantitative estimate of drug-likeness (QED) is 0.788. The smallest absolute Gasteiger partial charge is 0.0594 e. The fourth-order valence-corrected chi connectivity index (χ4v) is 2.92. The lowest BCUT2D eigenvalue weighted by molar-refractivity contribution is 0.0184. The summed E-state index contributed by atoms with van der Waals surface area (Å²) in [5, 5.41) is 0. The van der Waals surface area contributed by atoms with Crippen molar-refractivity contribution in [3.63, 3.8) is 0 Å². The van der Waals surface area contributed by atoms with Crippen molar-refractivity contribution in [1.29, 1.82) is 0 Å².